The summed E-state index contributed by atoms with van der Waals surface area (Å²) < 4.78 is 5.32. The van der Waals surface area contributed by atoms with Gasteiger partial charge in [0.05, 0.1) is 0 Å². The number of nitrogens with one attached hydrogen (secondary N) is 1. The fourth-order valence-electron chi connectivity index (χ4n) is 3.21. The van der Waals surface area contributed by atoms with Crippen LogP contribution in [0.3, 0.4) is 0 Å². The van der Waals surface area contributed by atoms with E-state index in [1.807, 2.05) is 20.8 Å². The van der Waals surface area contributed by atoms with Crippen LogP contribution in [0.25, 0.3) is 0 Å². The second kappa shape index (κ2) is 6.29. The van der Waals surface area contributed by atoms with E-state index in [9.17, 15) is 4.79 Å². The lowest BCUT2D eigenvalue weighted by Gasteiger charge is -2.35. The number of carbonyl (C=O) groups is 1. The van der Waals surface area contributed by atoms with Crippen LogP contribution in [-0.2, 0) is 11.2 Å². The van der Waals surface area contributed by atoms with Crippen molar-refractivity contribution < 1.29 is 9.53 Å². The van der Waals surface area contributed by atoms with Gasteiger partial charge in [0.15, 0.2) is 0 Å². The summed E-state index contributed by atoms with van der Waals surface area (Å²) in [6.45, 7) is 8.79. The fourth-order valence-corrected chi connectivity index (χ4v) is 3.21. The Bertz CT molecular complexity index is 536. The fraction of sp³-hybridized carbons (Fsp3) is 0.611. The Morgan fingerprint density at radius 1 is 1.32 bits per heavy atom. The molecule has 0 spiro atoms. The van der Waals surface area contributed by atoms with Gasteiger partial charge in [-0.25, -0.2) is 4.79 Å². The number of rotatable bonds is 4. The summed E-state index contributed by atoms with van der Waals surface area (Å²) in [4.78, 5) is 11.9. The molecule has 1 amide bonds. The monoisotopic (exact) mass is 304 g/mol. The summed E-state index contributed by atoms with van der Waals surface area (Å²) in [5.74, 6) is 0.378. The topological polar surface area (TPSA) is 64.3 Å². The van der Waals surface area contributed by atoms with Gasteiger partial charge in [-0.1, -0.05) is 31.2 Å². The smallest absolute Gasteiger partial charge is 0.407 e. The third-order valence-corrected chi connectivity index (χ3v) is 4.48. The SMILES string of the molecule is CC(C)(C)OC(=O)NCC(C)(CN)C1CCc2ccccc21. The molecule has 2 unspecified atom stereocenters. The van der Waals surface area contributed by atoms with Gasteiger partial charge in [0.2, 0.25) is 0 Å². The number of hydrogen-bond acceptors (Lipinski definition) is 3. The second-order valence-electron chi connectivity index (χ2n) is 7.50. The molecule has 1 aromatic rings. The highest BCUT2D eigenvalue weighted by molar-refractivity contribution is 5.67. The van der Waals surface area contributed by atoms with Crippen LogP contribution in [0.15, 0.2) is 24.3 Å². The number of benzene rings is 1. The van der Waals surface area contributed by atoms with E-state index in [1.54, 1.807) is 0 Å². The van der Waals surface area contributed by atoms with Crippen LogP contribution < -0.4 is 11.1 Å². The summed E-state index contributed by atoms with van der Waals surface area (Å²) in [5.41, 5.74) is 8.20. The van der Waals surface area contributed by atoms with Gasteiger partial charge in [-0.15, -0.1) is 0 Å². The molecule has 4 heteroatoms. The Morgan fingerprint density at radius 3 is 2.64 bits per heavy atom. The molecule has 4 nitrogen and oxygen atoms in total. The average Bonchev–Trinajstić information content (AvgIpc) is 2.87. The molecule has 2 atom stereocenters. The summed E-state index contributed by atoms with van der Waals surface area (Å²) in [6.07, 6.45) is 1.80. The van der Waals surface area contributed by atoms with Crippen LogP contribution >= 0.6 is 0 Å². The molecule has 0 saturated heterocycles. The lowest BCUT2D eigenvalue weighted by Crippen LogP contribution is -2.45. The third-order valence-electron chi connectivity index (χ3n) is 4.48. The number of ether oxygens (including phenoxy) is 1. The van der Waals surface area contributed by atoms with Crippen molar-refractivity contribution in [2.24, 2.45) is 11.1 Å². The summed E-state index contributed by atoms with van der Waals surface area (Å²) in [5, 5.41) is 2.90. The van der Waals surface area contributed by atoms with E-state index in [4.69, 9.17) is 10.5 Å². The molecule has 1 aromatic carbocycles. The molecule has 0 fully saturated rings. The minimum absolute atomic E-state index is 0.163. The number of carbonyl (C=O) groups excluding carboxylic acids is 1. The Kier molecular flexibility index (Phi) is 4.81. The van der Waals surface area contributed by atoms with E-state index in [2.05, 4.69) is 36.5 Å². The van der Waals surface area contributed by atoms with E-state index in [1.165, 1.54) is 11.1 Å². The van der Waals surface area contributed by atoms with Crippen molar-refractivity contribution in [2.75, 3.05) is 13.1 Å². The standard InChI is InChI=1S/C18H28N2O2/c1-17(2,3)22-16(21)20-12-18(4,11-19)15-10-9-13-7-5-6-8-14(13)15/h5-8,15H,9-12,19H2,1-4H3,(H,20,21). The Balaban J connectivity index is 2.05. The van der Waals surface area contributed by atoms with Crippen LogP contribution in [0.5, 0.6) is 0 Å². The predicted octanol–water partition coefficient (Wildman–Crippen LogP) is 3.21. The van der Waals surface area contributed by atoms with Crippen LogP contribution in [-0.4, -0.2) is 24.8 Å². The van der Waals surface area contributed by atoms with Gasteiger partial charge in [-0.05, 0) is 57.2 Å². The van der Waals surface area contributed by atoms with Crippen LogP contribution in [0.4, 0.5) is 4.79 Å². The number of fused-ring (bicyclic) bond motifs is 1. The van der Waals surface area contributed by atoms with E-state index in [-0.39, 0.29) is 11.5 Å². The van der Waals surface area contributed by atoms with Gasteiger partial charge in [0.25, 0.3) is 0 Å². The molecule has 122 valence electrons. The summed E-state index contributed by atoms with van der Waals surface area (Å²) in [6, 6.07) is 8.54. The molecular weight excluding hydrogens is 276 g/mol. The summed E-state index contributed by atoms with van der Waals surface area (Å²) in [7, 11) is 0. The van der Waals surface area contributed by atoms with Crippen molar-refractivity contribution >= 4 is 6.09 Å². The van der Waals surface area contributed by atoms with Gasteiger partial charge in [-0.3, -0.25) is 0 Å². The van der Waals surface area contributed by atoms with Crippen molar-refractivity contribution in [3.63, 3.8) is 0 Å². The number of aryl methyl sites for hydroxylation is 1. The molecule has 0 aromatic heterocycles. The maximum Gasteiger partial charge on any atom is 0.407 e. The highest BCUT2D eigenvalue weighted by Gasteiger charge is 2.38. The van der Waals surface area contributed by atoms with Crippen molar-refractivity contribution in [2.45, 2.75) is 52.1 Å². The first-order valence-corrected chi connectivity index (χ1v) is 8.00. The van der Waals surface area contributed by atoms with Crippen molar-refractivity contribution in [1.29, 1.82) is 0 Å². The molecule has 22 heavy (non-hydrogen) atoms. The first-order chi connectivity index (χ1) is 10.2. The van der Waals surface area contributed by atoms with Crippen LogP contribution in [0.2, 0.25) is 0 Å². The van der Waals surface area contributed by atoms with E-state index in [0.717, 1.165) is 12.8 Å². The van der Waals surface area contributed by atoms with Gasteiger partial charge < -0.3 is 15.8 Å². The van der Waals surface area contributed by atoms with Crippen LogP contribution in [0, 0.1) is 5.41 Å². The maximum atomic E-state index is 11.9. The molecule has 0 heterocycles. The van der Waals surface area contributed by atoms with Gasteiger partial charge in [0, 0.05) is 12.0 Å². The molecule has 0 bridgehead atoms. The lowest BCUT2D eigenvalue weighted by molar-refractivity contribution is 0.0497. The van der Waals surface area contributed by atoms with Gasteiger partial charge in [-0.2, -0.15) is 0 Å². The number of nitrogens with two attached hydrogens (primary N) is 1. The van der Waals surface area contributed by atoms with Crippen molar-refractivity contribution in [1.82, 2.24) is 5.32 Å². The Morgan fingerprint density at radius 2 is 2.00 bits per heavy atom. The molecule has 0 radical (unpaired) electrons. The first kappa shape index (κ1) is 16.8. The largest absolute Gasteiger partial charge is 0.444 e. The van der Waals surface area contributed by atoms with E-state index < -0.39 is 5.60 Å². The van der Waals surface area contributed by atoms with Crippen molar-refractivity contribution in [3.05, 3.63) is 35.4 Å². The molecule has 1 aliphatic rings. The zero-order valence-corrected chi connectivity index (χ0v) is 14.1. The minimum atomic E-state index is -0.483. The highest BCUT2D eigenvalue weighted by atomic mass is 16.6. The predicted molar refractivity (Wildman–Crippen MR) is 88.9 cm³/mol. The normalized spacial score (nSPS) is 20.1. The minimum Gasteiger partial charge on any atom is -0.444 e. The third kappa shape index (κ3) is 3.80. The molecule has 2 rings (SSSR count). The average molecular weight is 304 g/mol. The first-order valence-electron chi connectivity index (χ1n) is 8.00. The molecular formula is C18H28N2O2. The zero-order valence-electron chi connectivity index (χ0n) is 14.1. The molecule has 3 N–H and O–H groups in total. The maximum absolute atomic E-state index is 11.9. The number of hydrogen-bond donors (Lipinski definition) is 2. The Hall–Kier alpha value is -1.55. The lowest BCUT2D eigenvalue weighted by atomic mass is 9.74. The highest BCUT2D eigenvalue weighted by Crippen LogP contribution is 2.44. The van der Waals surface area contributed by atoms with E-state index in [0.29, 0.717) is 19.0 Å². The number of amides is 1. The van der Waals surface area contributed by atoms with Crippen molar-refractivity contribution in [3.8, 4) is 0 Å². The number of alkyl carbamates (subject to hydrolysis) is 1. The zero-order chi connectivity index (χ0) is 16.4. The van der Waals surface area contributed by atoms with Crippen LogP contribution in [0.1, 0.15) is 51.2 Å². The molecule has 0 saturated carbocycles. The second-order valence-corrected chi connectivity index (χ2v) is 7.50. The molecule has 1 aliphatic carbocycles. The summed E-state index contributed by atoms with van der Waals surface area (Å²) >= 11 is 0. The van der Waals surface area contributed by atoms with Gasteiger partial charge >= 0.3 is 6.09 Å². The Labute approximate surface area is 133 Å². The van der Waals surface area contributed by atoms with Gasteiger partial charge in [0.1, 0.15) is 5.60 Å². The van der Waals surface area contributed by atoms with E-state index >= 15 is 0 Å². The molecule has 0 aliphatic heterocycles. The quantitative estimate of drug-likeness (QED) is 0.897.